The summed E-state index contributed by atoms with van der Waals surface area (Å²) in [7, 11) is 0. The van der Waals surface area contributed by atoms with Crippen LogP contribution in [0.5, 0.6) is 0 Å². The molecule has 9 N–H and O–H groups in total. The lowest BCUT2D eigenvalue weighted by molar-refractivity contribution is -0.359. The minimum Gasteiger partial charge on any atom is -0.394 e. The van der Waals surface area contributed by atoms with Crippen molar-refractivity contribution in [2.75, 3.05) is 19.8 Å². The molecule has 0 radical (unpaired) electrons. The summed E-state index contributed by atoms with van der Waals surface area (Å²) in [5.74, 6) is -0.240. The highest BCUT2D eigenvalue weighted by atomic mass is 16.7. The highest BCUT2D eigenvalue weighted by Gasteiger charge is 2.51. The van der Waals surface area contributed by atoms with Gasteiger partial charge in [-0.2, -0.15) is 0 Å². The van der Waals surface area contributed by atoms with Crippen LogP contribution in [0.15, 0.2) is 122 Å². The lowest BCUT2D eigenvalue weighted by Gasteiger charge is -2.46. The van der Waals surface area contributed by atoms with Gasteiger partial charge in [-0.15, -0.1) is 0 Å². The summed E-state index contributed by atoms with van der Waals surface area (Å²) in [5, 5.41) is 86.9. The van der Waals surface area contributed by atoms with E-state index in [0.29, 0.717) is 12.8 Å². The first-order valence-corrected chi connectivity index (χ1v) is 29.8. The van der Waals surface area contributed by atoms with Crippen molar-refractivity contribution in [2.45, 2.75) is 254 Å². The lowest BCUT2D eigenvalue weighted by Crippen LogP contribution is -2.65. The van der Waals surface area contributed by atoms with Crippen molar-refractivity contribution >= 4 is 5.91 Å². The predicted octanol–water partition coefficient (Wildman–Crippen LogP) is 10.2. The standard InChI is InChI=1S/C64H105NO13/c1-3-5-7-9-11-13-14-15-16-17-18-19-20-21-22-23-24-25-26-27-28-29-30-31-32-33-34-35-36-37-38-40-42-44-46-48-56(69)65-52(53(68)47-45-43-41-39-12-10-8-6-4-2)51-75-63-61(74)59(72)62(55(50-67)77-63)78-64-60(73)58(71)57(70)54(49-66)76-64/h5,7,11,13,15-16,18-19,21-22,24-25,27-28,30-31,33-34,36-37,52-55,57-64,66-68,70-74H,3-4,6,8-10,12,14,17,20,23,26,29,32,35,38-51H2,1-2H3,(H,65,69)/b7-5-,13-11-,16-15-,19-18-,22-21-,25-24-,28-27-,31-30-,34-33-,37-36-. The fraction of sp³-hybridized carbons (Fsp3) is 0.672. The highest BCUT2D eigenvalue weighted by molar-refractivity contribution is 5.76. The number of aliphatic hydroxyl groups excluding tert-OH is 8. The fourth-order valence-corrected chi connectivity index (χ4v) is 8.91. The van der Waals surface area contributed by atoms with Gasteiger partial charge in [0.15, 0.2) is 12.6 Å². The number of hydrogen-bond acceptors (Lipinski definition) is 13. The maximum absolute atomic E-state index is 13.2. The minimum atomic E-state index is -1.79. The van der Waals surface area contributed by atoms with Crippen LogP contribution in [0.25, 0.3) is 0 Å². The Morgan fingerprint density at radius 3 is 1.36 bits per heavy atom. The number of hydrogen-bond donors (Lipinski definition) is 9. The van der Waals surface area contributed by atoms with Crippen LogP contribution < -0.4 is 5.32 Å². The second-order valence-corrected chi connectivity index (χ2v) is 20.4. The Bertz CT molecular complexity index is 1770. The van der Waals surface area contributed by atoms with Gasteiger partial charge in [0.2, 0.25) is 5.91 Å². The molecule has 14 heteroatoms. The van der Waals surface area contributed by atoms with E-state index in [2.05, 4.69) is 141 Å². The van der Waals surface area contributed by atoms with Crippen LogP contribution in [0.3, 0.4) is 0 Å². The fourth-order valence-electron chi connectivity index (χ4n) is 8.91. The maximum Gasteiger partial charge on any atom is 0.220 e. The quantitative estimate of drug-likeness (QED) is 0.0205. The van der Waals surface area contributed by atoms with E-state index in [-0.39, 0.29) is 18.9 Å². The maximum atomic E-state index is 13.2. The molecule has 2 aliphatic heterocycles. The molecule has 2 fully saturated rings. The Hall–Kier alpha value is -3.61. The van der Waals surface area contributed by atoms with E-state index in [9.17, 15) is 45.6 Å². The molecule has 0 aromatic rings. The van der Waals surface area contributed by atoms with Crippen LogP contribution in [0, 0.1) is 0 Å². The summed E-state index contributed by atoms with van der Waals surface area (Å²) < 4.78 is 22.7. The zero-order chi connectivity index (χ0) is 56.7. The number of carbonyl (C=O) groups is 1. The van der Waals surface area contributed by atoms with E-state index >= 15 is 0 Å². The third-order valence-electron chi connectivity index (χ3n) is 13.7. The molecule has 14 nitrogen and oxygen atoms in total. The van der Waals surface area contributed by atoms with E-state index in [1.54, 1.807) is 0 Å². The molecule has 78 heavy (non-hydrogen) atoms. The Balaban J connectivity index is 1.66. The molecule has 2 aliphatic rings. The van der Waals surface area contributed by atoms with Crippen molar-refractivity contribution in [1.82, 2.24) is 5.32 Å². The average molecular weight is 1100 g/mol. The van der Waals surface area contributed by atoms with Crippen LogP contribution in [0.1, 0.15) is 181 Å². The molecule has 0 aliphatic carbocycles. The van der Waals surface area contributed by atoms with Gasteiger partial charge in [0.25, 0.3) is 0 Å². The Kier molecular flexibility index (Phi) is 43.5. The second-order valence-electron chi connectivity index (χ2n) is 20.4. The third kappa shape index (κ3) is 33.2. The molecule has 12 unspecified atom stereocenters. The van der Waals surface area contributed by atoms with Crippen molar-refractivity contribution in [2.24, 2.45) is 0 Å². The minimum absolute atomic E-state index is 0.240. The first-order chi connectivity index (χ1) is 38.1. The normalized spacial score (nSPS) is 25.5. The zero-order valence-electron chi connectivity index (χ0n) is 47.6. The van der Waals surface area contributed by atoms with Crippen molar-refractivity contribution in [1.29, 1.82) is 0 Å². The van der Waals surface area contributed by atoms with Crippen molar-refractivity contribution < 1.29 is 64.6 Å². The number of unbranched alkanes of at least 4 members (excludes halogenated alkanes) is 12. The summed E-state index contributed by atoms with van der Waals surface area (Å²) in [6.45, 7) is 2.67. The third-order valence-corrected chi connectivity index (χ3v) is 13.7. The monoisotopic (exact) mass is 1100 g/mol. The summed E-state index contributed by atoms with van der Waals surface area (Å²) in [6.07, 6.45) is 52.2. The molecule has 0 bridgehead atoms. The summed E-state index contributed by atoms with van der Waals surface area (Å²) >= 11 is 0. The average Bonchev–Trinajstić information content (AvgIpc) is 3.44. The molecule has 1 amide bonds. The van der Waals surface area contributed by atoms with Gasteiger partial charge in [-0.25, -0.2) is 0 Å². The Labute approximate surface area is 469 Å². The lowest BCUT2D eigenvalue weighted by atomic mass is 9.97. The van der Waals surface area contributed by atoms with Crippen LogP contribution in [-0.4, -0.2) is 140 Å². The van der Waals surface area contributed by atoms with Gasteiger partial charge in [-0.3, -0.25) is 4.79 Å². The summed E-state index contributed by atoms with van der Waals surface area (Å²) in [5.41, 5.74) is 0. The molecular formula is C64H105NO13. The van der Waals surface area contributed by atoms with Crippen LogP contribution >= 0.6 is 0 Å². The van der Waals surface area contributed by atoms with Gasteiger partial charge in [0.1, 0.15) is 48.8 Å². The van der Waals surface area contributed by atoms with Crippen LogP contribution in [0.4, 0.5) is 0 Å². The smallest absolute Gasteiger partial charge is 0.220 e. The Morgan fingerprint density at radius 2 is 0.885 bits per heavy atom. The largest absolute Gasteiger partial charge is 0.394 e. The molecule has 2 rings (SSSR count). The number of carbonyl (C=O) groups excluding carboxylic acids is 1. The van der Waals surface area contributed by atoms with E-state index < -0.39 is 86.8 Å². The van der Waals surface area contributed by atoms with Gasteiger partial charge < -0.3 is 65.1 Å². The van der Waals surface area contributed by atoms with Gasteiger partial charge in [-0.1, -0.05) is 206 Å². The number of allylic oxidation sites excluding steroid dienone is 20. The van der Waals surface area contributed by atoms with Crippen molar-refractivity contribution in [3.8, 4) is 0 Å². The number of nitrogens with one attached hydrogen (secondary N) is 1. The molecule has 2 heterocycles. The van der Waals surface area contributed by atoms with Crippen molar-refractivity contribution in [3.63, 3.8) is 0 Å². The second kappa shape index (κ2) is 48.1. The van der Waals surface area contributed by atoms with Gasteiger partial charge in [0.05, 0.1) is 32.0 Å². The van der Waals surface area contributed by atoms with Gasteiger partial charge in [0, 0.05) is 6.42 Å². The van der Waals surface area contributed by atoms with E-state index in [0.717, 1.165) is 116 Å². The van der Waals surface area contributed by atoms with Gasteiger partial charge in [-0.05, 0) is 89.9 Å². The number of ether oxygens (including phenoxy) is 4. The first-order valence-electron chi connectivity index (χ1n) is 29.8. The van der Waals surface area contributed by atoms with E-state index in [1.165, 1.54) is 32.1 Å². The first kappa shape index (κ1) is 70.5. The van der Waals surface area contributed by atoms with Crippen LogP contribution in [0.2, 0.25) is 0 Å². The number of rotatable bonds is 45. The Morgan fingerprint density at radius 1 is 0.474 bits per heavy atom. The predicted molar refractivity (Wildman–Crippen MR) is 313 cm³/mol. The summed E-state index contributed by atoms with van der Waals surface area (Å²) in [4.78, 5) is 13.2. The molecule has 444 valence electrons. The van der Waals surface area contributed by atoms with E-state index in [4.69, 9.17) is 18.9 Å². The molecule has 0 aromatic heterocycles. The van der Waals surface area contributed by atoms with E-state index in [1.807, 2.05) is 0 Å². The molecule has 0 saturated carbocycles. The molecule has 12 atom stereocenters. The number of amides is 1. The topological polar surface area (TPSA) is 228 Å². The highest BCUT2D eigenvalue weighted by Crippen LogP contribution is 2.30. The molecule has 0 aromatic carbocycles. The SMILES string of the molecule is CC/C=C\C/C=C\C/C=C\C/C=C\C/C=C\C/C=C\C/C=C\C/C=C\C/C=C\C/C=C\CCCCCCC(=O)NC(COC1OC(CO)C(OC2OC(CO)C(O)C(O)C2O)C(O)C1O)C(O)CCCCCCCCCCC. The van der Waals surface area contributed by atoms with Crippen molar-refractivity contribution in [3.05, 3.63) is 122 Å². The van der Waals surface area contributed by atoms with Gasteiger partial charge >= 0.3 is 0 Å². The zero-order valence-corrected chi connectivity index (χ0v) is 47.6. The molecule has 2 saturated heterocycles. The summed E-state index contributed by atoms with van der Waals surface area (Å²) in [6, 6.07) is -0.849. The molecule has 0 spiro atoms. The van der Waals surface area contributed by atoms with Crippen LogP contribution in [-0.2, 0) is 23.7 Å². The number of aliphatic hydroxyl groups is 8. The molecular weight excluding hydrogens is 991 g/mol.